The van der Waals surface area contributed by atoms with Gasteiger partial charge in [0.15, 0.2) is 18.1 Å². The van der Waals surface area contributed by atoms with E-state index in [4.69, 9.17) is 32.7 Å². The van der Waals surface area contributed by atoms with Crippen LogP contribution in [0, 0.1) is 0 Å². The molecule has 2 aromatic rings. The van der Waals surface area contributed by atoms with Gasteiger partial charge in [-0.05, 0) is 57.0 Å². The summed E-state index contributed by atoms with van der Waals surface area (Å²) in [6.07, 6.45) is 0.424. The van der Waals surface area contributed by atoms with Crippen LogP contribution in [0.4, 0.5) is 0 Å². The van der Waals surface area contributed by atoms with Crippen LogP contribution in [0.3, 0.4) is 0 Å². The predicted octanol–water partition coefficient (Wildman–Crippen LogP) is 5.10. The molecule has 8 heteroatoms. The van der Waals surface area contributed by atoms with Crippen molar-refractivity contribution in [2.75, 3.05) is 13.7 Å². The summed E-state index contributed by atoms with van der Waals surface area (Å²) in [4.78, 5) is 27.8. The Morgan fingerprint density at radius 3 is 2.31 bits per heavy atom. The molecule has 0 radical (unpaired) electrons. The minimum atomic E-state index is -0.699. The Bertz CT molecular complexity index is 944. The van der Waals surface area contributed by atoms with Gasteiger partial charge in [0.05, 0.1) is 7.11 Å². The molecule has 32 heavy (non-hydrogen) atoms. The van der Waals surface area contributed by atoms with E-state index < -0.39 is 11.6 Å². The second kappa shape index (κ2) is 11.4. The van der Waals surface area contributed by atoms with Gasteiger partial charge in [0, 0.05) is 22.1 Å². The van der Waals surface area contributed by atoms with Gasteiger partial charge < -0.3 is 19.7 Å². The van der Waals surface area contributed by atoms with Crippen LogP contribution < -0.4 is 14.8 Å². The number of hydrogen-bond acceptors (Lipinski definition) is 4. The summed E-state index contributed by atoms with van der Waals surface area (Å²) in [5.41, 5.74) is 0.245. The number of methoxy groups -OCH3 is 1. The van der Waals surface area contributed by atoms with Gasteiger partial charge in [0.1, 0.15) is 6.04 Å². The first kappa shape index (κ1) is 25.8. The van der Waals surface area contributed by atoms with Crippen LogP contribution in [0.1, 0.15) is 39.7 Å². The summed E-state index contributed by atoms with van der Waals surface area (Å²) >= 11 is 12.4. The second-order valence-corrected chi connectivity index (χ2v) is 9.20. The summed E-state index contributed by atoms with van der Waals surface area (Å²) in [5.74, 6) is 0.374. The first-order chi connectivity index (χ1) is 15.1. The van der Waals surface area contributed by atoms with Gasteiger partial charge in [-0.2, -0.15) is 0 Å². The number of halogens is 2. The molecule has 0 heterocycles. The molecule has 1 atom stereocenters. The lowest BCUT2D eigenvalue weighted by atomic mass is 10.1. The summed E-state index contributed by atoms with van der Waals surface area (Å²) in [6, 6.07) is 11.4. The van der Waals surface area contributed by atoms with E-state index in [2.05, 4.69) is 5.32 Å². The molecule has 0 fully saturated rings. The molecule has 0 aliphatic rings. The van der Waals surface area contributed by atoms with Crippen LogP contribution in [-0.4, -0.2) is 42.0 Å². The lowest BCUT2D eigenvalue weighted by molar-refractivity contribution is -0.143. The summed E-state index contributed by atoms with van der Waals surface area (Å²) in [7, 11) is 1.53. The van der Waals surface area contributed by atoms with E-state index in [0.29, 0.717) is 33.5 Å². The van der Waals surface area contributed by atoms with Crippen LogP contribution in [0.15, 0.2) is 42.5 Å². The highest BCUT2D eigenvalue weighted by atomic mass is 35.5. The number of amides is 2. The molecule has 0 unspecified atom stereocenters. The van der Waals surface area contributed by atoms with Gasteiger partial charge in [-0.3, -0.25) is 9.59 Å². The third-order valence-corrected chi connectivity index (χ3v) is 5.25. The number of benzene rings is 2. The maximum Gasteiger partial charge on any atom is 0.261 e. The van der Waals surface area contributed by atoms with Crippen molar-refractivity contribution in [3.05, 3.63) is 58.1 Å². The average Bonchev–Trinajstić information content (AvgIpc) is 2.72. The first-order valence-corrected chi connectivity index (χ1v) is 11.1. The number of ether oxygens (including phenoxy) is 2. The van der Waals surface area contributed by atoms with E-state index in [1.54, 1.807) is 36.4 Å². The molecule has 2 aromatic carbocycles. The molecule has 0 aromatic heterocycles. The third kappa shape index (κ3) is 7.31. The molecule has 0 aliphatic heterocycles. The fourth-order valence-electron chi connectivity index (χ4n) is 3.17. The molecule has 2 rings (SSSR count). The van der Waals surface area contributed by atoms with Crippen molar-refractivity contribution >= 4 is 35.0 Å². The van der Waals surface area contributed by atoms with Crippen LogP contribution >= 0.6 is 23.2 Å². The number of nitrogens with one attached hydrogen (secondary N) is 1. The molecule has 0 saturated carbocycles. The third-order valence-electron chi connectivity index (χ3n) is 4.66. The summed E-state index contributed by atoms with van der Waals surface area (Å²) in [6.45, 7) is 7.42. The topological polar surface area (TPSA) is 67.9 Å². The van der Waals surface area contributed by atoms with E-state index >= 15 is 0 Å². The SMILES string of the molecule is CC[C@@H](C(=O)NC(C)(C)C)N(Cc1ccc(Cl)cc1Cl)C(=O)COc1ccccc1OC. The molecular weight excluding hydrogens is 451 g/mol. The number of carbonyl (C=O) groups excluding carboxylic acids is 2. The molecule has 0 bridgehead atoms. The van der Waals surface area contributed by atoms with Gasteiger partial charge in [-0.25, -0.2) is 0 Å². The van der Waals surface area contributed by atoms with Gasteiger partial charge in [-0.15, -0.1) is 0 Å². The van der Waals surface area contributed by atoms with E-state index in [-0.39, 0.29) is 25.0 Å². The van der Waals surface area contributed by atoms with Crippen molar-refractivity contribution in [2.45, 2.75) is 52.2 Å². The van der Waals surface area contributed by atoms with Crippen molar-refractivity contribution in [1.82, 2.24) is 10.2 Å². The highest BCUT2D eigenvalue weighted by molar-refractivity contribution is 6.35. The highest BCUT2D eigenvalue weighted by Gasteiger charge is 2.31. The zero-order valence-electron chi connectivity index (χ0n) is 19.1. The minimum absolute atomic E-state index is 0.139. The zero-order valence-corrected chi connectivity index (χ0v) is 20.6. The van der Waals surface area contributed by atoms with E-state index in [9.17, 15) is 9.59 Å². The fourth-order valence-corrected chi connectivity index (χ4v) is 3.63. The van der Waals surface area contributed by atoms with E-state index in [1.807, 2.05) is 33.8 Å². The standard InChI is InChI=1S/C24H30Cl2N2O4/c1-6-19(23(30)27-24(2,3)4)28(14-16-11-12-17(25)13-18(16)26)22(29)15-32-21-10-8-7-9-20(21)31-5/h7-13,19H,6,14-15H2,1-5H3,(H,27,30)/t19-/m0/s1. The van der Waals surface area contributed by atoms with Gasteiger partial charge in [0.25, 0.3) is 5.91 Å². The molecular formula is C24H30Cl2N2O4. The summed E-state index contributed by atoms with van der Waals surface area (Å²) in [5, 5.41) is 3.88. The normalized spacial score (nSPS) is 12.1. The Morgan fingerprint density at radius 1 is 1.09 bits per heavy atom. The van der Waals surface area contributed by atoms with E-state index in [1.165, 1.54) is 12.0 Å². The van der Waals surface area contributed by atoms with Crippen molar-refractivity contribution in [1.29, 1.82) is 0 Å². The Morgan fingerprint density at radius 2 is 1.75 bits per heavy atom. The maximum atomic E-state index is 13.3. The van der Waals surface area contributed by atoms with Crippen molar-refractivity contribution in [2.24, 2.45) is 0 Å². The number of nitrogens with zero attached hydrogens (tertiary/aromatic N) is 1. The average molecular weight is 481 g/mol. The van der Waals surface area contributed by atoms with Crippen molar-refractivity contribution in [3.8, 4) is 11.5 Å². The van der Waals surface area contributed by atoms with Crippen LogP contribution in [0.25, 0.3) is 0 Å². The Hall–Kier alpha value is -2.44. The Kier molecular flexibility index (Phi) is 9.22. The van der Waals surface area contributed by atoms with Crippen LogP contribution in [0.2, 0.25) is 10.0 Å². The number of para-hydroxylation sites is 2. The largest absolute Gasteiger partial charge is 0.493 e. The lowest BCUT2D eigenvalue weighted by Gasteiger charge is -2.33. The maximum absolute atomic E-state index is 13.3. The fraction of sp³-hybridized carbons (Fsp3) is 0.417. The van der Waals surface area contributed by atoms with Gasteiger partial charge in [-0.1, -0.05) is 48.3 Å². The van der Waals surface area contributed by atoms with Crippen molar-refractivity contribution in [3.63, 3.8) is 0 Å². The molecule has 0 spiro atoms. The monoisotopic (exact) mass is 480 g/mol. The molecule has 174 valence electrons. The molecule has 0 aliphatic carbocycles. The number of rotatable bonds is 9. The lowest BCUT2D eigenvalue weighted by Crippen LogP contribution is -2.54. The van der Waals surface area contributed by atoms with Crippen LogP contribution in [-0.2, 0) is 16.1 Å². The zero-order chi connectivity index (χ0) is 23.9. The first-order valence-electron chi connectivity index (χ1n) is 10.4. The smallest absolute Gasteiger partial charge is 0.261 e. The number of hydrogen-bond donors (Lipinski definition) is 1. The molecule has 0 saturated heterocycles. The minimum Gasteiger partial charge on any atom is -0.493 e. The van der Waals surface area contributed by atoms with Crippen molar-refractivity contribution < 1.29 is 19.1 Å². The predicted molar refractivity (Wildman–Crippen MR) is 127 cm³/mol. The highest BCUT2D eigenvalue weighted by Crippen LogP contribution is 2.27. The van der Waals surface area contributed by atoms with Gasteiger partial charge >= 0.3 is 0 Å². The molecule has 2 amide bonds. The quantitative estimate of drug-likeness (QED) is 0.541. The summed E-state index contributed by atoms with van der Waals surface area (Å²) < 4.78 is 11.0. The van der Waals surface area contributed by atoms with Crippen LogP contribution in [0.5, 0.6) is 11.5 Å². The Labute approximate surface area is 199 Å². The van der Waals surface area contributed by atoms with E-state index in [0.717, 1.165) is 0 Å². The number of carbonyl (C=O) groups is 2. The Balaban J connectivity index is 2.30. The second-order valence-electron chi connectivity index (χ2n) is 8.36. The van der Waals surface area contributed by atoms with Gasteiger partial charge in [0.2, 0.25) is 5.91 Å². The molecule has 1 N–H and O–H groups in total. The molecule has 6 nitrogen and oxygen atoms in total.